The third-order valence-electron chi connectivity index (χ3n) is 5.87. The average Bonchev–Trinajstić information content (AvgIpc) is 3.17. The van der Waals surface area contributed by atoms with E-state index in [0.29, 0.717) is 18.8 Å². The highest BCUT2D eigenvalue weighted by Gasteiger charge is 2.34. The lowest BCUT2D eigenvalue weighted by Gasteiger charge is -2.37. The second kappa shape index (κ2) is 6.67. The van der Waals surface area contributed by atoms with Crippen molar-refractivity contribution in [2.75, 3.05) is 37.7 Å². The number of carbonyl (C=O) groups is 1. The molecule has 0 saturated carbocycles. The van der Waals surface area contributed by atoms with Gasteiger partial charge in [0.2, 0.25) is 0 Å². The molecule has 2 aliphatic heterocycles. The van der Waals surface area contributed by atoms with Crippen LogP contribution in [-0.2, 0) is 22.7 Å². The molecule has 0 aromatic carbocycles. The van der Waals surface area contributed by atoms with Crippen molar-refractivity contribution in [3.63, 3.8) is 0 Å². The second-order valence-electron chi connectivity index (χ2n) is 7.79. The quantitative estimate of drug-likeness (QED) is 0.783. The smallest absolute Gasteiger partial charge is 0.264 e. The van der Waals surface area contributed by atoms with Crippen molar-refractivity contribution in [3.05, 3.63) is 21.4 Å². The lowest BCUT2D eigenvalue weighted by atomic mass is 9.90. The summed E-state index contributed by atoms with van der Waals surface area (Å²) in [5.74, 6) is 1.48. The molecule has 2 saturated heterocycles. The SMILES string of the molecule is C[C@@H]1CCc2sc(C(=O)N3CCN([C@@H]4CCS(=O)(=O)C4)CC3)cc2C1. The predicted molar refractivity (Wildman–Crippen MR) is 100 cm³/mol. The molecule has 4 rings (SSSR count). The molecular weight excluding hydrogens is 356 g/mol. The van der Waals surface area contributed by atoms with E-state index < -0.39 is 9.84 Å². The van der Waals surface area contributed by atoms with Gasteiger partial charge in [0.1, 0.15) is 0 Å². The van der Waals surface area contributed by atoms with Crippen LogP contribution in [0.15, 0.2) is 6.07 Å². The zero-order valence-corrected chi connectivity index (χ0v) is 16.4. The summed E-state index contributed by atoms with van der Waals surface area (Å²) in [6.07, 6.45) is 4.18. The van der Waals surface area contributed by atoms with Crippen LogP contribution in [0, 0.1) is 5.92 Å². The summed E-state index contributed by atoms with van der Waals surface area (Å²) < 4.78 is 23.3. The maximum Gasteiger partial charge on any atom is 0.264 e. The summed E-state index contributed by atoms with van der Waals surface area (Å²) in [5.41, 5.74) is 1.38. The number of hydrogen-bond acceptors (Lipinski definition) is 5. The highest BCUT2D eigenvalue weighted by atomic mass is 32.2. The average molecular weight is 383 g/mol. The van der Waals surface area contributed by atoms with Gasteiger partial charge in [-0.1, -0.05) is 6.92 Å². The Kier molecular flexibility index (Phi) is 4.67. The van der Waals surface area contributed by atoms with Crippen LogP contribution in [0.3, 0.4) is 0 Å². The van der Waals surface area contributed by atoms with E-state index in [-0.39, 0.29) is 17.7 Å². The van der Waals surface area contributed by atoms with Crippen molar-refractivity contribution in [3.8, 4) is 0 Å². The van der Waals surface area contributed by atoms with Crippen molar-refractivity contribution in [1.29, 1.82) is 0 Å². The minimum absolute atomic E-state index is 0.151. The first-order valence-corrected chi connectivity index (χ1v) is 11.9. The van der Waals surface area contributed by atoms with Gasteiger partial charge in [-0.05, 0) is 43.2 Å². The fraction of sp³-hybridized carbons (Fsp3) is 0.722. The van der Waals surface area contributed by atoms with Crippen LogP contribution in [0.25, 0.3) is 0 Å². The van der Waals surface area contributed by atoms with Gasteiger partial charge in [0.15, 0.2) is 9.84 Å². The molecule has 7 heteroatoms. The van der Waals surface area contributed by atoms with Gasteiger partial charge >= 0.3 is 0 Å². The number of piperazine rings is 1. The van der Waals surface area contributed by atoms with Crippen molar-refractivity contribution in [1.82, 2.24) is 9.80 Å². The Morgan fingerprint density at radius 3 is 2.64 bits per heavy atom. The highest BCUT2D eigenvalue weighted by molar-refractivity contribution is 7.91. The number of rotatable bonds is 2. The van der Waals surface area contributed by atoms with E-state index in [9.17, 15) is 13.2 Å². The van der Waals surface area contributed by atoms with E-state index >= 15 is 0 Å². The zero-order chi connectivity index (χ0) is 17.6. The maximum atomic E-state index is 12.9. The Hall–Kier alpha value is -0.920. The molecule has 3 aliphatic rings. The van der Waals surface area contributed by atoms with Crippen LogP contribution in [0.2, 0.25) is 0 Å². The molecule has 1 aromatic heterocycles. The molecule has 1 aromatic rings. The van der Waals surface area contributed by atoms with Gasteiger partial charge in [0, 0.05) is 37.1 Å². The summed E-state index contributed by atoms with van der Waals surface area (Å²) in [5, 5.41) is 0. The second-order valence-corrected chi connectivity index (χ2v) is 11.2. The lowest BCUT2D eigenvalue weighted by Crippen LogP contribution is -2.52. The number of fused-ring (bicyclic) bond motifs is 1. The van der Waals surface area contributed by atoms with Crippen molar-refractivity contribution >= 4 is 27.1 Å². The lowest BCUT2D eigenvalue weighted by molar-refractivity contribution is 0.0592. The number of hydrogen-bond donors (Lipinski definition) is 0. The van der Waals surface area contributed by atoms with Crippen LogP contribution < -0.4 is 0 Å². The fourth-order valence-corrected chi connectivity index (χ4v) is 7.26. The summed E-state index contributed by atoms with van der Waals surface area (Å²) >= 11 is 1.68. The zero-order valence-electron chi connectivity index (χ0n) is 14.7. The van der Waals surface area contributed by atoms with Crippen LogP contribution in [0.5, 0.6) is 0 Å². The standard InChI is InChI=1S/C18H26N2O3S2/c1-13-2-3-16-14(10-13)11-17(24-16)18(21)20-7-5-19(6-8-20)15-4-9-25(22,23)12-15/h11,13,15H,2-10,12H2,1H3/t13-,15-/m1/s1. The van der Waals surface area contributed by atoms with E-state index in [0.717, 1.165) is 43.1 Å². The number of amides is 1. The minimum atomic E-state index is -2.84. The molecule has 5 nitrogen and oxygen atoms in total. The number of thiophene rings is 1. The van der Waals surface area contributed by atoms with E-state index in [1.807, 2.05) is 4.90 Å². The first-order valence-electron chi connectivity index (χ1n) is 9.26. The molecule has 0 N–H and O–H groups in total. The van der Waals surface area contributed by atoms with E-state index in [2.05, 4.69) is 17.9 Å². The first-order chi connectivity index (χ1) is 11.9. The highest BCUT2D eigenvalue weighted by Crippen LogP contribution is 2.33. The minimum Gasteiger partial charge on any atom is -0.335 e. The van der Waals surface area contributed by atoms with E-state index in [1.54, 1.807) is 11.3 Å². The van der Waals surface area contributed by atoms with Gasteiger partial charge in [-0.25, -0.2) is 8.42 Å². The van der Waals surface area contributed by atoms with Gasteiger partial charge in [-0.15, -0.1) is 11.3 Å². The molecule has 138 valence electrons. The Morgan fingerprint density at radius 2 is 1.96 bits per heavy atom. The molecule has 3 heterocycles. The molecule has 1 aliphatic carbocycles. The van der Waals surface area contributed by atoms with Crippen molar-refractivity contribution in [2.24, 2.45) is 5.92 Å². The van der Waals surface area contributed by atoms with Crippen LogP contribution >= 0.6 is 11.3 Å². The topological polar surface area (TPSA) is 57.7 Å². The molecule has 0 unspecified atom stereocenters. The molecular formula is C18H26N2O3S2. The Bertz CT molecular complexity index is 763. The number of carbonyl (C=O) groups excluding carboxylic acids is 1. The molecule has 0 radical (unpaired) electrons. The van der Waals surface area contributed by atoms with Gasteiger partial charge in [-0.3, -0.25) is 9.69 Å². The van der Waals surface area contributed by atoms with Gasteiger partial charge in [0.25, 0.3) is 5.91 Å². The summed E-state index contributed by atoms with van der Waals surface area (Å²) in [4.78, 5) is 19.3. The van der Waals surface area contributed by atoms with Crippen molar-refractivity contribution < 1.29 is 13.2 Å². The van der Waals surface area contributed by atoms with Gasteiger partial charge < -0.3 is 4.90 Å². The van der Waals surface area contributed by atoms with Crippen LogP contribution in [0.1, 0.15) is 39.9 Å². The maximum absolute atomic E-state index is 12.9. The molecule has 2 atom stereocenters. The number of nitrogens with zero attached hydrogens (tertiary/aromatic N) is 2. The number of aryl methyl sites for hydroxylation is 1. The summed E-state index contributed by atoms with van der Waals surface area (Å²) in [6, 6.07) is 2.27. The normalized spacial score (nSPS) is 29.6. The van der Waals surface area contributed by atoms with Gasteiger partial charge in [-0.2, -0.15) is 0 Å². The third-order valence-corrected chi connectivity index (χ3v) is 8.84. The monoisotopic (exact) mass is 382 g/mol. The summed E-state index contributed by atoms with van der Waals surface area (Å²) in [7, 11) is -2.84. The Labute approximate surface area is 153 Å². The van der Waals surface area contributed by atoms with Gasteiger partial charge in [0.05, 0.1) is 16.4 Å². The van der Waals surface area contributed by atoms with Crippen molar-refractivity contribution in [2.45, 2.75) is 38.6 Å². The van der Waals surface area contributed by atoms with Crippen LogP contribution in [-0.4, -0.2) is 67.9 Å². The van der Waals surface area contributed by atoms with E-state index in [1.165, 1.54) is 16.9 Å². The summed E-state index contributed by atoms with van der Waals surface area (Å²) in [6.45, 7) is 5.26. The third kappa shape index (κ3) is 3.64. The number of sulfone groups is 1. The first kappa shape index (κ1) is 17.5. The predicted octanol–water partition coefficient (Wildman–Crippen LogP) is 1.82. The molecule has 0 spiro atoms. The fourth-order valence-electron chi connectivity index (χ4n) is 4.32. The molecule has 25 heavy (non-hydrogen) atoms. The Balaban J connectivity index is 1.37. The molecule has 1 amide bonds. The van der Waals surface area contributed by atoms with Crippen LogP contribution in [0.4, 0.5) is 0 Å². The molecule has 2 fully saturated rings. The molecule has 0 bridgehead atoms. The van der Waals surface area contributed by atoms with E-state index in [4.69, 9.17) is 0 Å². The Morgan fingerprint density at radius 1 is 1.20 bits per heavy atom. The largest absolute Gasteiger partial charge is 0.335 e.